The minimum atomic E-state index is -0.341. The van der Waals surface area contributed by atoms with Crippen molar-refractivity contribution < 1.29 is 0 Å². The molecular formula is C46H29N3. The molecule has 49 heavy (non-hydrogen) atoms. The molecule has 0 bridgehead atoms. The van der Waals surface area contributed by atoms with E-state index in [2.05, 4.69) is 115 Å². The van der Waals surface area contributed by atoms with Crippen molar-refractivity contribution in [2.75, 3.05) is 0 Å². The molecule has 3 nitrogen and oxygen atoms in total. The molecular weight excluding hydrogens is 595 g/mol. The SMILES string of the molecule is c1ccc(-c2nc(-c3ccccc3)nc(-c3cccc(-c4ccc5c(c4)-c4ccccc4C54c5ccccc5-c5ccccc54)c3)n2)cc1. The first kappa shape index (κ1) is 27.6. The molecule has 3 heteroatoms. The van der Waals surface area contributed by atoms with Gasteiger partial charge in [-0.3, -0.25) is 0 Å². The Labute approximate surface area is 285 Å². The molecule has 0 aliphatic heterocycles. The monoisotopic (exact) mass is 623 g/mol. The summed E-state index contributed by atoms with van der Waals surface area (Å²) in [6.45, 7) is 0. The summed E-state index contributed by atoms with van der Waals surface area (Å²) in [7, 11) is 0. The van der Waals surface area contributed by atoms with E-state index in [4.69, 9.17) is 15.0 Å². The summed E-state index contributed by atoms with van der Waals surface area (Å²) in [5.41, 5.74) is 15.4. The Bertz CT molecular complexity index is 2450. The first-order valence-corrected chi connectivity index (χ1v) is 16.7. The highest BCUT2D eigenvalue weighted by atomic mass is 15.0. The van der Waals surface area contributed by atoms with Gasteiger partial charge in [0, 0.05) is 16.7 Å². The summed E-state index contributed by atoms with van der Waals surface area (Å²) in [6, 6.07) is 62.7. The molecule has 0 unspecified atom stereocenters. The molecule has 1 spiro atoms. The van der Waals surface area contributed by atoms with Crippen LogP contribution in [0, 0.1) is 0 Å². The highest BCUT2D eigenvalue weighted by Gasteiger charge is 2.51. The second-order valence-electron chi connectivity index (χ2n) is 12.8. The minimum Gasteiger partial charge on any atom is -0.208 e. The molecule has 2 aliphatic rings. The summed E-state index contributed by atoms with van der Waals surface area (Å²) in [4.78, 5) is 14.9. The fraction of sp³-hybridized carbons (Fsp3) is 0.0217. The number of rotatable bonds is 4. The fourth-order valence-corrected chi connectivity index (χ4v) is 8.05. The van der Waals surface area contributed by atoms with E-state index in [0.717, 1.165) is 27.8 Å². The van der Waals surface area contributed by atoms with Gasteiger partial charge in [-0.05, 0) is 67.8 Å². The van der Waals surface area contributed by atoms with Gasteiger partial charge in [0.15, 0.2) is 17.5 Å². The minimum absolute atomic E-state index is 0.341. The van der Waals surface area contributed by atoms with Gasteiger partial charge in [0.05, 0.1) is 5.41 Å². The van der Waals surface area contributed by atoms with Crippen molar-refractivity contribution in [3.8, 4) is 67.5 Å². The van der Waals surface area contributed by atoms with Gasteiger partial charge < -0.3 is 0 Å². The van der Waals surface area contributed by atoms with Crippen LogP contribution >= 0.6 is 0 Å². The zero-order valence-corrected chi connectivity index (χ0v) is 26.6. The lowest BCUT2D eigenvalue weighted by atomic mass is 9.70. The van der Waals surface area contributed by atoms with Crippen LogP contribution in [0.5, 0.6) is 0 Å². The van der Waals surface area contributed by atoms with Crippen molar-refractivity contribution in [3.05, 3.63) is 198 Å². The van der Waals surface area contributed by atoms with E-state index < -0.39 is 0 Å². The summed E-state index contributed by atoms with van der Waals surface area (Å²) in [6.07, 6.45) is 0. The van der Waals surface area contributed by atoms with Crippen LogP contribution in [0.3, 0.4) is 0 Å². The number of aromatic nitrogens is 3. The summed E-state index contributed by atoms with van der Waals surface area (Å²) in [5.74, 6) is 1.97. The molecule has 1 aromatic heterocycles. The first-order valence-electron chi connectivity index (χ1n) is 16.7. The van der Waals surface area contributed by atoms with Crippen molar-refractivity contribution in [1.82, 2.24) is 15.0 Å². The lowest BCUT2D eigenvalue weighted by Gasteiger charge is -2.30. The highest BCUT2D eigenvalue weighted by molar-refractivity contribution is 5.96. The van der Waals surface area contributed by atoms with E-state index in [1.54, 1.807) is 0 Å². The number of hydrogen-bond acceptors (Lipinski definition) is 3. The Kier molecular flexibility index (Phi) is 6.09. The number of fused-ring (bicyclic) bond motifs is 10. The molecule has 0 saturated heterocycles. The lowest BCUT2D eigenvalue weighted by Crippen LogP contribution is -2.25. The molecule has 0 atom stereocenters. The van der Waals surface area contributed by atoms with Crippen LogP contribution in [-0.2, 0) is 5.41 Å². The van der Waals surface area contributed by atoms with Crippen molar-refractivity contribution in [3.63, 3.8) is 0 Å². The molecule has 7 aromatic carbocycles. The fourth-order valence-electron chi connectivity index (χ4n) is 8.05. The maximum Gasteiger partial charge on any atom is 0.164 e. The Balaban J connectivity index is 1.13. The standard InChI is InChI=1S/C46H29N3/c1-3-14-30(15-4-1)43-47-44(31-16-5-2-6-17-31)49-45(48-43)34-19-13-18-32(28-34)33-26-27-42-38(29-33)37-22-9-12-25-41(37)46(42)39-23-10-7-20-35(39)36-21-8-11-24-40(36)46/h1-29H. The largest absolute Gasteiger partial charge is 0.208 e. The van der Waals surface area contributed by atoms with Crippen LogP contribution in [0.15, 0.2) is 176 Å². The third kappa shape index (κ3) is 4.12. The molecule has 2 aliphatic carbocycles. The molecule has 0 N–H and O–H groups in total. The summed E-state index contributed by atoms with van der Waals surface area (Å²) < 4.78 is 0. The molecule has 0 amide bonds. The quantitative estimate of drug-likeness (QED) is 0.196. The van der Waals surface area contributed by atoms with E-state index in [1.165, 1.54) is 44.5 Å². The van der Waals surface area contributed by atoms with Crippen LogP contribution in [0.1, 0.15) is 22.3 Å². The Morgan fingerprint density at radius 2 is 0.653 bits per heavy atom. The van der Waals surface area contributed by atoms with Gasteiger partial charge in [-0.25, -0.2) is 15.0 Å². The van der Waals surface area contributed by atoms with Gasteiger partial charge in [0.1, 0.15) is 0 Å². The first-order chi connectivity index (χ1) is 24.3. The third-order valence-electron chi connectivity index (χ3n) is 10.2. The van der Waals surface area contributed by atoms with Crippen molar-refractivity contribution >= 4 is 0 Å². The molecule has 8 aromatic rings. The van der Waals surface area contributed by atoms with Crippen molar-refractivity contribution in [2.24, 2.45) is 0 Å². The van der Waals surface area contributed by atoms with E-state index in [-0.39, 0.29) is 5.41 Å². The van der Waals surface area contributed by atoms with Crippen LogP contribution in [0.25, 0.3) is 67.5 Å². The van der Waals surface area contributed by atoms with Crippen LogP contribution in [0.2, 0.25) is 0 Å². The van der Waals surface area contributed by atoms with Gasteiger partial charge in [0.25, 0.3) is 0 Å². The average molecular weight is 624 g/mol. The van der Waals surface area contributed by atoms with Crippen LogP contribution in [0.4, 0.5) is 0 Å². The second kappa shape index (κ2) is 10.8. The molecule has 0 saturated carbocycles. The Hall–Kier alpha value is -6.45. The van der Waals surface area contributed by atoms with Gasteiger partial charge in [-0.2, -0.15) is 0 Å². The number of nitrogens with zero attached hydrogens (tertiary/aromatic N) is 3. The summed E-state index contributed by atoms with van der Waals surface area (Å²) in [5, 5.41) is 0. The van der Waals surface area contributed by atoms with E-state index in [9.17, 15) is 0 Å². The smallest absolute Gasteiger partial charge is 0.164 e. The van der Waals surface area contributed by atoms with E-state index >= 15 is 0 Å². The molecule has 10 rings (SSSR count). The van der Waals surface area contributed by atoms with Gasteiger partial charge in [0.2, 0.25) is 0 Å². The maximum absolute atomic E-state index is 4.99. The number of hydrogen-bond donors (Lipinski definition) is 0. The van der Waals surface area contributed by atoms with Crippen molar-refractivity contribution in [1.29, 1.82) is 0 Å². The molecule has 0 radical (unpaired) electrons. The van der Waals surface area contributed by atoms with Gasteiger partial charge >= 0.3 is 0 Å². The Morgan fingerprint density at radius 3 is 1.20 bits per heavy atom. The predicted octanol–water partition coefficient (Wildman–Crippen LogP) is 10.9. The lowest BCUT2D eigenvalue weighted by molar-refractivity contribution is 0.794. The predicted molar refractivity (Wildman–Crippen MR) is 198 cm³/mol. The normalized spacial score (nSPS) is 13.1. The third-order valence-corrected chi connectivity index (χ3v) is 10.2. The molecule has 1 heterocycles. The van der Waals surface area contributed by atoms with Crippen LogP contribution in [-0.4, -0.2) is 15.0 Å². The topological polar surface area (TPSA) is 38.7 Å². The second-order valence-corrected chi connectivity index (χ2v) is 12.8. The maximum atomic E-state index is 4.99. The molecule has 0 fully saturated rings. The van der Waals surface area contributed by atoms with Crippen molar-refractivity contribution in [2.45, 2.75) is 5.41 Å². The van der Waals surface area contributed by atoms with E-state index in [1.807, 2.05) is 60.7 Å². The van der Waals surface area contributed by atoms with Crippen LogP contribution < -0.4 is 0 Å². The zero-order chi connectivity index (χ0) is 32.4. The Morgan fingerprint density at radius 1 is 0.265 bits per heavy atom. The number of benzene rings is 7. The van der Waals surface area contributed by atoms with Gasteiger partial charge in [-0.1, -0.05) is 164 Å². The molecule has 228 valence electrons. The van der Waals surface area contributed by atoms with Gasteiger partial charge in [-0.15, -0.1) is 0 Å². The average Bonchev–Trinajstić information content (AvgIpc) is 3.65. The summed E-state index contributed by atoms with van der Waals surface area (Å²) >= 11 is 0. The highest BCUT2D eigenvalue weighted by Crippen LogP contribution is 2.62. The zero-order valence-electron chi connectivity index (χ0n) is 26.6. The van der Waals surface area contributed by atoms with E-state index in [0.29, 0.717) is 17.5 Å².